The first-order valence-corrected chi connectivity index (χ1v) is 7.20. The van der Waals surface area contributed by atoms with Gasteiger partial charge in [-0.25, -0.2) is 0 Å². The molecule has 1 aliphatic heterocycles. The summed E-state index contributed by atoms with van der Waals surface area (Å²) in [5, 5.41) is 17.0. The highest BCUT2D eigenvalue weighted by atomic mass is 16.6. The largest absolute Gasteiger partial charge is 0.487 e. The van der Waals surface area contributed by atoms with Crippen molar-refractivity contribution in [1.82, 2.24) is 10.6 Å². The molecule has 0 saturated heterocycles. The number of hydrogen-bond donors (Lipinski definition) is 2. The summed E-state index contributed by atoms with van der Waals surface area (Å²) in [5.41, 5.74) is 1.22. The van der Waals surface area contributed by atoms with Crippen molar-refractivity contribution in [2.45, 2.75) is 13.3 Å². The zero-order valence-corrected chi connectivity index (χ0v) is 12.4. The van der Waals surface area contributed by atoms with Crippen molar-refractivity contribution in [3.8, 4) is 5.75 Å². The van der Waals surface area contributed by atoms with E-state index in [0.29, 0.717) is 13.2 Å². The lowest BCUT2D eigenvalue weighted by molar-refractivity contribution is -0.385. The lowest BCUT2D eigenvalue weighted by Crippen LogP contribution is -2.29. The van der Waals surface area contributed by atoms with Gasteiger partial charge in [-0.15, -0.1) is 0 Å². The molecule has 118 valence electrons. The Labute approximate surface area is 128 Å². The molecule has 0 spiro atoms. The molecule has 7 heteroatoms. The Morgan fingerprint density at radius 3 is 2.95 bits per heavy atom. The third-order valence-corrected chi connectivity index (χ3v) is 3.35. The highest BCUT2D eigenvalue weighted by Crippen LogP contribution is 2.27. The number of carbonyl (C=O) groups is 1. The molecular weight excluding hydrogens is 286 g/mol. The predicted octanol–water partition coefficient (Wildman–Crippen LogP) is 1.64. The second kappa shape index (κ2) is 7.56. The molecule has 0 radical (unpaired) electrons. The number of hydrogen-bond acceptors (Lipinski definition) is 5. The van der Waals surface area contributed by atoms with E-state index in [1.807, 2.05) is 6.08 Å². The molecule has 0 atom stereocenters. The van der Waals surface area contributed by atoms with Crippen molar-refractivity contribution >= 4 is 11.6 Å². The number of ether oxygens (including phenoxy) is 1. The van der Waals surface area contributed by atoms with Crippen LogP contribution in [-0.4, -0.2) is 37.1 Å². The summed E-state index contributed by atoms with van der Waals surface area (Å²) in [4.78, 5) is 22.6. The summed E-state index contributed by atoms with van der Waals surface area (Å²) in [6, 6.07) is 4.24. The Kier molecular flexibility index (Phi) is 5.48. The topological polar surface area (TPSA) is 93.5 Å². The van der Waals surface area contributed by atoms with Crippen molar-refractivity contribution < 1.29 is 14.5 Å². The first kappa shape index (κ1) is 16.0. The molecule has 2 N–H and O–H groups in total. The van der Waals surface area contributed by atoms with Crippen LogP contribution >= 0.6 is 0 Å². The maximum Gasteiger partial charge on any atom is 0.311 e. The summed E-state index contributed by atoms with van der Waals surface area (Å²) < 4.78 is 5.20. The number of carbonyl (C=O) groups excluding carboxylic acids is 1. The Balaban J connectivity index is 2.07. The monoisotopic (exact) mass is 305 g/mol. The van der Waals surface area contributed by atoms with Gasteiger partial charge in [-0.3, -0.25) is 14.9 Å². The fourth-order valence-corrected chi connectivity index (χ4v) is 2.20. The van der Waals surface area contributed by atoms with Crippen LogP contribution in [0.2, 0.25) is 0 Å². The summed E-state index contributed by atoms with van der Waals surface area (Å²) in [5.74, 6) is -0.157. The number of nitrogens with one attached hydrogen (secondary N) is 2. The molecule has 1 aliphatic rings. The highest BCUT2D eigenvalue weighted by molar-refractivity contribution is 5.95. The van der Waals surface area contributed by atoms with Gasteiger partial charge in [0.1, 0.15) is 0 Å². The number of nitrogens with zero attached hydrogens (tertiary/aromatic N) is 1. The third-order valence-electron chi connectivity index (χ3n) is 3.35. The Morgan fingerprint density at radius 2 is 2.32 bits per heavy atom. The number of amides is 1. The van der Waals surface area contributed by atoms with E-state index in [1.165, 1.54) is 18.2 Å². The number of nitro benzene ring substituents is 1. The van der Waals surface area contributed by atoms with Crippen LogP contribution < -0.4 is 15.4 Å². The van der Waals surface area contributed by atoms with Crippen LogP contribution in [0.15, 0.2) is 29.8 Å². The Hall–Kier alpha value is -2.41. The summed E-state index contributed by atoms with van der Waals surface area (Å²) in [6.45, 7) is 4.24. The molecule has 7 nitrogen and oxygen atoms in total. The minimum absolute atomic E-state index is 0.171. The maximum atomic E-state index is 12.1. The van der Waals surface area contributed by atoms with E-state index in [9.17, 15) is 14.9 Å². The Morgan fingerprint density at radius 1 is 1.50 bits per heavy atom. The van der Waals surface area contributed by atoms with Gasteiger partial charge in [0.15, 0.2) is 5.75 Å². The van der Waals surface area contributed by atoms with Gasteiger partial charge >= 0.3 is 5.69 Å². The van der Waals surface area contributed by atoms with Crippen molar-refractivity contribution in [2.24, 2.45) is 0 Å². The van der Waals surface area contributed by atoms with Gasteiger partial charge in [0, 0.05) is 24.7 Å². The van der Waals surface area contributed by atoms with Crippen molar-refractivity contribution in [3.05, 3.63) is 45.5 Å². The fourth-order valence-electron chi connectivity index (χ4n) is 2.20. The van der Waals surface area contributed by atoms with Crippen LogP contribution in [0.1, 0.15) is 23.7 Å². The summed E-state index contributed by atoms with van der Waals surface area (Å²) in [7, 11) is 0. The molecule has 0 aromatic heterocycles. The summed E-state index contributed by atoms with van der Waals surface area (Å²) in [6.07, 6.45) is 2.94. The molecule has 0 bridgehead atoms. The first-order chi connectivity index (χ1) is 10.6. The molecule has 0 unspecified atom stereocenters. The van der Waals surface area contributed by atoms with E-state index < -0.39 is 4.92 Å². The Bertz CT molecular complexity index is 598. The fraction of sp³-hybridized carbons (Fsp3) is 0.400. The average molecular weight is 305 g/mol. The van der Waals surface area contributed by atoms with Crippen LogP contribution in [0.4, 0.5) is 5.69 Å². The SMILES string of the molecule is CCOc1ccc(C(=O)NCC2=CCNCC2)cc1[N+](=O)[O-]. The van der Waals surface area contributed by atoms with Gasteiger partial charge in [0.25, 0.3) is 5.91 Å². The van der Waals surface area contributed by atoms with E-state index in [0.717, 1.165) is 25.1 Å². The minimum Gasteiger partial charge on any atom is -0.487 e. The van der Waals surface area contributed by atoms with Crippen molar-refractivity contribution in [2.75, 3.05) is 26.2 Å². The predicted molar refractivity (Wildman–Crippen MR) is 82.2 cm³/mol. The molecular formula is C15H19N3O4. The van der Waals surface area contributed by atoms with Gasteiger partial charge < -0.3 is 15.4 Å². The van der Waals surface area contributed by atoms with Gasteiger partial charge in [-0.1, -0.05) is 11.6 Å². The highest BCUT2D eigenvalue weighted by Gasteiger charge is 2.18. The quantitative estimate of drug-likeness (QED) is 0.473. The van der Waals surface area contributed by atoms with Crippen LogP contribution in [0.5, 0.6) is 5.75 Å². The van der Waals surface area contributed by atoms with Gasteiger partial charge in [-0.2, -0.15) is 0 Å². The maximum absolute atomic E-state index is 12.1. The normalized spacial score (nSPS) is 14.1. The van der Waals surface area contributed by atoms with E-state index in [-0.39, 0.29) is 22.9 Å². The smallest absolute Gasteiger partial charge is 0.311 e. The van der Waals surface area contributed by atoms with Gasteiger partial charge in [0.2, 0.25) is 0 Å². The average Bonchev–Trinajstić information content (AvgIpc) is 2.54. The van der Waals surface area contributed by atoms with Crippen molar-refractivity contribution in [1.29, 1.82) is 0 Å². The van der Waals surface area contributed by atoms with Gasteiger partial charge in [0.05, 0.1) is 11.5 Å². The lowest BCUT2D eigenvalue weighted by Gasteiger charge is -2.14. The van der Waals surface area contributed by atoms with Crippen LogP contribution in [0, 0.1) is 10.1 Å². The molecule has 0 aliphatic carbocycles. The second-order valence-electron chi connectivity index (χ2n) is 4.87. The molecule has 1 aromatic rings. The zero-order chi connectivity index (χ0) is 15.9. The minimum atomic E-state index is -0.545. The standard InChI is InChI=1S/C15H19N3O4/c1-2-22-14-4-3-12(9-13(14)18(20)21)15(19)17-10-11-5-7-16-8-6-11/h3-5,9,16H,2,6-8,10H2,1H3,(H,17,19). The van der Waals surface area contributed by atoms with Crippen molar-refractivity contribution in [3.63, 3.8) is 0 Å². The first-order valence-electron chi connectivity index (χ1n) is 7.20. The van der Waals surface area contributed by atoms with E-state index >= 15 is 0 Å². The van der Waals surface area contributed by atoms with Crippen LogP contribution in [0.3, 0.4) is 0 Å². The van der Waals surface area contributed by atoms with Crippen LogP contribution in [0.25, 0.3) is 0 Å². The molecule has 2 rings (SSSR count). The van der Waals surface area contributed by atoms with E-state index in [4.69, 9.17) is 4.74 Å². The number of rotatable bonds is 6. The third kappa shape index (κ3) is 4.05. The molecule has 0 fully saturated rings. The van der Waals surface area contributed by atoms with E-state index in [2.05, 4.69) is 10.6 Å². The summed E-state index contributed by atoms with van der Waals surface area (Å²) >= 11 is 0. The molecule has 1 amide bonds. The molecule has 22 heavy (non-hydrogen) atoms. The number of nitro groups is 1. The van der Waals surface area contributed by atoms with Gasteiger partial charge in [-0.05, 0) is 32.0 Å². The molecule has 1 aromatic carbocycles. The molecule has 0 saturated carbocycles. The van der Waals surface area contributed by atoms with Crippen LogP contribution in [-0.2, 0) is 0 Å². The lowest BCUT2D eigenvalue weighted by atomic mass is 10.1. The number of benzene rings is 1. The zero-order valence-electron chi connectivity index (χ0n) is 12.4. The van der Waals surface area contributed by atoms with E-state index in [1.54, 1.807) is 6.92 Å². The second-order valence-corrected chi connectivity index (χ2v) is 4.87. The molecule has 1 heterocycles.